The molecule has 0 saturated carbocycles. The SMILES string of the molecule is CCOc1ccc(C(=O)NCC(F)(F)CN)cc1OC. The van der Waals surface area contributed by atoms with Gasteiger partial charge in [-0.1, -0.05) is 0 Å². The second kappa shape index (κ2) is 7.04. The molecule has 0 unspecified atom stereocenters. The summed E-state index contributed by atoms with van der Waals surface area (Å²) in [7, 11) is 1.43. The quantitative estimate of drug-likeness (QED) is 0.796. The van der Waals surface area contributed by atoms with Gasteiger partial charge in [0, 0.05) is 5.56 Å². The zero-order valence-corrected chi connectivity index (χ0v) is 11.4. The van der Waals surface area contributed by atoms with Crippen molar-refractivity contribution in [3.8, 4) is 11.5 Å². The van der Waals surface area contributed by atoms with E-state index in [9.17, 15) is 13.6 Å². The molecule has 0 spiro atoms. The number of nitrogens with two attached hydrogens (primary N) is 1. The van der Waals surface area contributed by atoms with Crippen molar-refractivity contribution in [2.24, 2.45) is 5.73 Å². The number of nitrogens with one attached hydrogen (secondary N) is 1. The van der Waals surface area contributed by atoms with E-state index in [0.717, 1.165) is 0 Å². The number of hydrogen-bond donors (Lipinski definition) is 2. The van der Waals surface area contributed by atoms with Crippen LogP contribution in [0.5, 0.6) is 11.5 Å². The third-order valence-electron chi connectivity index (χ3n) is 2.53. The van der Waals surface area contributed by atoms with Crippen LogP contribution in [0, 0.1) is 0 Å². The molecule has 1 aromatic carbocycles. The number of halogens is 2. The highest BCUT2D eigenvalue weighted by Crippen LogP contribution is 2.28. The fourth-order valence-electron chi connectivity index (χ4n) is 1.47. The minimum atomic E-state index is -3.12. The topological polar surface area (TPSA) is 73.6 Å². The minimum absolute atomic E-state index is 0.207. The van der Waals surface area contributed by atoms with E-state index in [0.29, 0.717) is 18.1 Å². The van der Waals surface area contributed by atoms with Crippen molar-refractivity contribution in [3.63, 3.8) is 0 Å². The van der Waals surface area contributed by atoms with Gasteiger partial charge in [-0.15, -0.1) is 0 Å². The Hall–Kier alpha value is -1.89. The average molecular weight is 288 g/mol. The van der Waals surface area contributed by atoms with Gasteiger partial charge in [-0.2, -0.15) is 0 Å². The van der Waals surface area contributed by atoms with E-state index in [1.807, 2.05) is 6.92 Å². The van der Waals surface area contributed by atoms with Gasteiger partial charge >= 0.3 is 0 Å². The minimum Gasteiger partial charge on any atom is -0.493 e. The highest BCUT2D eigenvalue weighted by molar-refractivity contribution is 5.94. The van der Waals surface area contributed by atoms with Crippen LogP contribution in [0.2, 0.25) is 0 Å². The molecule has 0 aliphatic rings. The first-order chi connectivity index (χ1) is 9.43. The largest absolute Gasteiger partial charge is 0.493 e. The Labute approximate surface area is 116 Å². The molecule has 20 heavy (non-hydrogen) atoms. The van der Waals surface area contributed by atoms with E-state index < -0.39 is 24.9 Å². The van der Waals surface area contributed by atoms with E-state index >= 15 is 0 Å². The molecule has 0 aliphatic carbocycles. The summed E-state index contributed by atoms with van der Waals surface area (Å²) >= 11 is 0. The van der Waals surface area contributed by atoms with Crippen LogP contribution in [0.25, 0.3) is 0 Å². The maximum atomic E-state index is 13.0. The summed E-state index contributed by atoms with van der Waals surface area (Å²) in [5.74, 6) is -2.89. The lowest BCUT2D eigenvalue weighted by atomic mass is 10.2. The number of ether oxygens (including phenoxy) is 2. The molecule has 0 radical (unpaired) electrons. The van der Waals surface area contributed by atoms with E-state index in [2.05, 4.69) is 5.32 Å². The molecule has 0 bridgehead atoms. The number of carbonyl (C=O) groups excluding carboxylic acids is 1. The van der Waals surface area contributed by atoms with E-state index in [1.165, 1.54) is 19.2 Å². The summed E-state index contributed by atoms with van der Waals surface area (Å²) in [5.41, 5.74) is 5.10. The van der Waals surface area contributed by atoms with Gasteiger partial charge in [-0.05, 0) is 25.1 Å². The van der Waals surface area contributed by atoms with Crippen LogP contribution in [-0.4, -0.2) is 38.6 Å². The smallest absolute Gasteiger partial charge is 0.277 e. The van der Waals surface area contributed by atoms with Crippen LogP contribution in [0.3, 0.4) is 0 Å². The monoisotopic (exact) mass is 288 g/mol. The lowest BCUT2D eigenvalue weighted by Crippen LogP contribution is -2.41. The van der Waals surface area contributed by atoms with Crippen molar-refractivity contribution in [2.45, 2.75) is 12.8 Å². The summed E-state index contributed by atoms with van der Waals surface area (Å²) in [6, 6.07) is 4.46. The van der Waals surface area contributed by atoms with Gasteiger partial charge in [-0.25, -0.2) is 8.78 Å². The highest BCUT2D eigenvalue weighted by Gasteiger charge is 2.27. The predicted octanol–water partition coefficient (Wildman–Crippen LogP) is 1.42. The molecule has 0 fully saturated rings. The van der Waals surface area contributed by atoms with Gasteiger partial charge in [0.15, 0.2) is 11.5 Å². The van der Waals surface area contributed by atoms with E-state index in [-0.39, 0.29) is 5.56 Å². The second-order valence-corrected chi connectivity index (χ2v) is 4.04. The molecule has 5 nitrogen and oxygen atoms in total. The Kier molecular flexibility index (Phi) is 5.69. The Balaban J connectivity index is 2.78. The van der Waals surface area contributed by atoms with E-state index in [4.69, 9.17) is 15.2 Å². The van der Waals surface area contributed by atoms with Gasteiger partial charge in [0.05, 0.1) is 26.8 Å². The third kappa shape index (κ3) is 4.34. The summed E-state index contributed by atoms with van der Waals surface area (Å²) in [4.78, 5) is 11.8. The molecule has 0 heterocycles. The van der Waals surface area contributed by atoms with Crippen molar-refractivity contribution in [1.29, 1.82) is 0 Å². The normalized spacial score (nSPS) is 11.1. The zero-order chi connectivity index (χ0) is 15.2. The highest BCUT2D eigenvalue weighted by atomic mass is 19.3. The first-order valence-corrected chi connectivity index (χ1v) is 6.10. The summed E-state index contributed by atoms with van der Waals surface area (Å²) < 4.78 is 36.3. The maximum absolute atomic E-state index is 13.0. The summed E-state index contributed by atoms with van der Waals surface area (Å²) in [6.07, 6.45) is 0. The maximum Gasteiger partial charge on any atom is 0.277 e. The lowest BCUT2D eigenvalue weighted by Gasteiger charge is -2.15. The van der Waals surface area contributed by atoms with Crippen LogP contribution in [-0.2, 0) is 0 Å². The Morgan fingerprint density at radius 1 is 1.40 bits per heavy atom. The Morgan fingerprint density at radius 3 is 2.65 bits per heavy atom. The fourth-order valence-corrected chi connectivity index (χ4v) is 1.47. The first kappa shape index (κ1) is 16.2. The molecule has 112 valence electrons. The number of benzene rings is 1. The number of amides is 1. The van der Waals surface area contributed by atoms with Crippen LogP contribution in [0.1, 0.15) is 17.3 Å². The first-order valence-electron chi connectivity index (χ1n) is 6.10. The van der Waals surface area contributed by atoms with Gasteiger partial charge in [-0.3, -0.25) is 4.79 Å². The molecular formula is C13H18F2N2O3. The van der Waals surface area contributed by atoms with Gasteiger partial charge in [0.2, 0.25) is 0 Å². The van der Waals surface area contributed by atoms with Crippen molar-refractivity contribution >= 4 is 5.91 Å². The van der Waals surface area contributed by atoms with Gasteiger partial charge in [0.25, 0.3) is 11.8 Å². The molecular weight excluding hydrogens is 270 g/mol. The summed E-state index contributed by atoms with van der Waals surface area (Å²) in [6.45, 7) is 0.636. The van der Waals surface area contributed by atoms with Crippen molar-refractivity contribution in [2.75, 3.05) is 26.8 Å². The number of alkyl halides is 2. The molecule has 3 N–H and O–H groups in total. The van der Waals surface area contributed by atoms with E-state index in [1.54, 1.807) is 6.07 Å². The van der Waals surface area contributed by atoms with Crippen molar-refractivity contribution in [1.82, 2.24) is 5.32 Å². The Bertz CT molecular complexity index is 467. The fraction of sp³-hybridized carbons (Fsp3) is 0.462. The molecule has 1 rings (SSSR count). The molecule has 0 aliphatic heterocycles. The molecule has 1 amide bonds. The van der Waals surface area contributed by atoms with Crippen LogP contribution < -0.4 is 20.5 Å². The third-order valence-corrected chi connectivity index (χ3v) is 2.53. The standard InChI is InChI=1S/C13H18F2N2O3/c1-3-20-10-5-4-9(6-11(10)19-2)12(18)17-8-13(14,15)7-16/h4-6H,3,7-8,16H2,1-2H3,(H,17,18). The average Bonchev–Trinajstić information content (AvgIpc) is 2.45. The number of carbonyl (C=O) groups is 1. The van der Waals surface area contributed by atoms with Crippen molar-refractivity contribution in [3.05, 3.63) is 23.8 Å². The van der Waals surface area contributed by atoms with Gasteiger partial charge < -0.3 is 20.5 Å². The number of rotatable bonds is 7. The van der Waals surface area contributed by atoms with Gasteiger partial charge in [0.1, 0.15) is 0 Å². The molecule has 7 heteroatoms. The predicted molar refractivity (Wildman–Crippen MR) is 70.5 cm³/mol. The summed E-state index contributed by atoms with van der Waals surface area (Å²) in [5, 5.41) is 2.13. The second-order valence-electron chi connectivity index (χ2n) is 4.04. The molecule has 0 atom stereocenters. The van der Waals surface area contributed by atoms with Crippen LogP contribution in [0.4, 0.5) is 8.78 Å². The van der Waals surface area contributed by atoms with Crippen LogP contribution >= 0.6 is 0 Å². The van der Waals surface area contributed by atoms with Crippen LogP contribution in [0.15, 0.2) is 18.2 Å². The molecule has 1 aromatic rings. The number of hydrogen-bond acceptors (Lipinski definition) is 4. The molecule has 0 aromatic heterocycles. The Morgan fingerprint density at radius 2 is 2.10 bits per heavy atom. The zero-order valence-electron chi connectivity index (χ0n) is 11.4. The van der Waals surface area contributed by atoms with Crippen molar-refractivity contribution < 1.29 is 23.0 Å². The molecule has 0 saturated heterocycles. The lowest BCUT2D eigenvalue weighted by molar-refractivity contribution is 0.0118. The number of methoxy groups -OCH3 is 1.